The molecule has 2 heterocycles. The van der Waals surface area contributed by atoms with E-state index in [4.69, 9.17) is 0 Å². The third-order valence-corrected chi connectivity index (χ3v) is 3.85. The van der Waals surface area contributed by atoms with E-state index in [0.717, 1.165) is 37.3 Å². The highest BCUT2D eigenvalue weighted by atomic mass is 32.2. The number of hydrogen-bond acceptors (Lipinski definition) is 3. The topological polar surface area (TPSA) is 53.5 Å². The Morgan fingerprint density at radius 3 is 2.87 bits per heavy atom. The van der Waals surface area contributed by atoms with Gasteiger partial charge < -0.3 is 5.32 Å². The summed E-state index contributed by atoms with van der Waals surface area (Å²) in [6.45, 7) is 2.85. The summed E-state index contributed by atoms with van der Waals surface area (Å²) in [7, 11) is 0. The minimum Gasteiger partial charge on any atom is -0.342 e. The van der Waals surface area contributed by atoms with E-state index < -0.39 is 0 Å². The van der Waals surface area contributed by atoms with E-state index in [9.17, 15) is 4.79 Å². The minimum atomic E-state index is -0.349. The van der Waals surface area contributed by atoms with Gasteiger partial charge in [-0.3, -0.25) is 15.1 Å². The fraction of sp³-hybridized carbons (Fsp3) is 0.800. The van der Waals surface area contributed by atoms with E-state index in [1.165, 1.54) is 0 Å². The molecule has 0 aromatic heterocycles. The van der Waals surface area contributed by atoms with Gasteiger partial charge in [-0.05, 0) is 30.8 Å². The van der Waals surface area contributed by atoms with Crippen LogP contribution in [-0.4, -0.2) is 35.5 Å². The van der Waals surface area contributed by atoms with Crippen molar-refractivity contribution in [3.63, 3.8) is 0 Å². The summed E-state index contributed by atoms with van der Waals surface area (Å²) < 4.78 is 0. The summed E-state index contributed by atoms with van der Waals surface area (Å²) in [5, 5.41) is 6.11. The first-order valence-electron chi connectivity index (χ1n) is 5.49. The fourth-order valence-corrected chi connectivity index (χ4v) is 3.11. The lowest BCUT2D eigenvalue weighted by molar-refractivity contribution is -0.124. The van der Waals surface area contributed by atoms with Gasteiger partial charge in [0.1, 0.15) is 5.54 Å². The predicted molar refractivity (Wildman–Crippen MR) is 63.2 cm³/mol. The molecule has 0 aliphatic carbocycles. The van der Waals surface area contributed by atoms with Crippen LogP contribution < -0.4 is 10.6 Å². The van der Waals surface area contributed by atoms with Crippen molar-refractivity contribution in [2.45, 2.75) is 31.7 Å². The Morgan fingerprint density at radius 2 is 2.20 bits per heavy atom. The van der Waals surface area contributed by atoms with Crippen molar-refractivity contribution in [2.75, 3.05) is 18.1 Å². The van der Waals surface area contributed by atoms with Gasteiger partial charge in [-0.15, -0.1) is 0 Å². The molecule has 0 aromatic rings. The second kappa shape index (κ2) is 4.43. The van der Waals surface area contributed by atoms with Crippen LogP contribution in [0.1, 0.15) is 26.2 Å². The zero-order valence-electron chi connectivity index (χ0n) is 9.01. The van der Waals surface area contributed by atoms with E-state index in [1.54, 1.807) is 0 Å². The third-order valence-electron chi connectivity index (χ3n) is 2.86. The van der Waals surface area contributed by atoms with Crippen molar-refractivity contribution >= 4 is 23.6 Å². The van der Waals surface area contributed by atoms with Gasteiger partial charge in [0, 0.05) is 6.54 Å². The molecule has 2 saturated heterocycles. The molecular formula is C10H17N3OS. The highest BCUT2D eigenvalue weighted by Crippen LogP contribution is 2.29. The molecule has 2 rings (SSSR count). The lowest BCUT2D eigenvalue weighted by Crippen LogP contribution is -2.49. The van der Waals surface area contributed by atoms with Crippen LogP contribution in [0.5, 0.6) is 0 Å². The Balaban J connectivity index is 2.05. The van der Waals surface area contributed by atoms with E-state index in [2.05, 4.69) is 22.5 Å². The van der Waals surface area contributed by atoms with Gasteiger partial charge in [-0.1, -0.05) is 6.92 Å². The van der Waals surface area contributed by atoms with Crippen molar-refractivity contribution in [2.24, 2.45) is 4.99 Å². The lowest BCUT2D eigenvalue weighted by atomic mass is 9.93. The largest absolute Gasteiger partial charge is 0.342 e. The van der Waals surface area contributed by atoms with Crippen molar-refractivity contribution in [1.82, 2.24) is 10.6 Å². The first-order valence-corrected chi connectivity index (χ1v) is 6.64. The second-order valence-corrected chi connectivity index (χ2v) is 5.23. The van der Waals surface area contributed by atoms with E-state index in [-0.39, 0.29) is 11.4 Å². The molecule has 1 amide bonds. The molecule has 4 nitrogen and oxygen atoms in total. The Kier molecular flexibility index (Phi) is 3.19. The van der Waals surface area contributed by atoms with E-state index in [0.29, 0.717) is 5.96 Å². The van der Waals surface area contributed by atoms with Crippen molar-refractivity contribution in [1.29, 1.82) is 0 Å². The molecule has 2 N–H and O–H groups in total. The summed E-state index contributed by atoms with van der Waals surface area (Å²) in [6, 6.07) is 0. The highest BCUT2D eigenvalue weighted by molar-refractivity contribution is 7.99. The van der Waals surface area contributed by atoms with Gasteiger partial charge in [0.2, 0.25) is 0 Å². The SMILES string of the molecule is CCCN=C1NC(=O)C2(CCSCC2)N1. The molecule has 2 aliphatic heterocycles. The normalized spacial score (nSPS) is 26.7. The van der Waals surface area contributed by atoms with Gasteiger partial charge in [-0.25, -0.2) is 0 Å². The van der Waals surface area contributed by atoms with Gasteiger partial charge in [0.05, 0.1) is 0 Å². The number of rotatable bonds is 2. The number of aliphatic imine (C=N–C) groups is 1. The van der Waals surface area contributed by atoms with Gasteiger partial charge in [-0.2, -0.15) is 11.8 Å². The predicted octanol–water partition coefficient (Wildman–Crippen LogP) is 0.738. The van der Waals surface area contributed by atoms with Crippen LogP contribution in [0, 0.1) is 0 Å². The number of amides is 1. The molecule has 0 unspecified atom stereocenters. The lowest BCUT2D eigenvalue weighted by Gasteiger charge is -2.29. The maximum Gasteiger partial charge on any atom is 0.252 e. The smallest absolute Gasteiger partial charge is 0.252 e. The van der Waals surface area contributed by atoms with Crippen LogP contribution in [0.2, 0.25) is 0 Å². The van der Waals surface area contributed by atoms with Crippen LogP contribution in [0.15, 0.2) is 4.99 Å². The van der Waals surface area contributed by atoms with Crippen LogP contribution >= 0.6 is 11.8 Å². The van der Waals surface area contributed by atoms with Crippen molar-refractivity contribution in [3.8, 4) is 0 Å². The average Bonchev–Trinajstić information content (AvgIpc) is 2.54. The number of nitrogens with zero attached hydrogens (tertiary/aromatic N) is 1. The maximum absolute atomic E-state index is 11.9. The molecule has 0 atom stereocenters. The molecule has 0 bridgehead atoms. The molecule has 2 fully saturated rings. The van der Waals surface area contributed by atoms with Gasteiger partial charge in [0.15, 0.2) is 5.96 Å². The van der Waals surface area contributed by atoms with Crippen LogP contribution in [0.3, 0.4) is 0 Å². The van der Waals surface area contributed by atoms with E-state index in [1.807, 2.05) is 11.8 Å². The zero-order valence-corrected chi connectivity index (χ0v) is 9.82. The zero-order chi connectivity index (χ0) is 10.7. The number of nitrogens with one attached hydrogen (secondary N) is 2. The molecule has 15 heavy (non-hydrogen) atoms. The van der Waals surface area contributed by atoms with E-state index >= 15 is 0 Å². The minimum absolute atomic E-state index is 0.109. The number of carbonyl (C=O) groups excluding carboxylic acids is 1. The summed E-state index contributed by atoms with van der Waals surface area (Å²) in [5.74, 6) is 2.90. The van der Waals surface area contributed by atoms with Crippen molar-refractivity contribution < 1.29 is 4.79 Å². The Bertz CT molecular complexity index is 284. The summed E-state index contributed by atoms with van der Waals surface area (Å²) in [5.41, 5.74) is -0.349. The Hall–Kier alpha value is -0.710. The Labute approximate surface area is 94.3 Å². The monoisotopic (exact) mass is 227 g/mol. The molecule has 0 radical (unpaired) electrons. The molecule has 2 aliphatic rings. The molecule has 5 heteroatoms. The number of hydrogen-bond donors (Lipinski definition) is 2. The van der Waals surface area contributed by atoms with Gasteiger partial charge in [0.25, 0.3) is 5.91 Å². The average molecular weight is 227 g/mol. The second-order valence-electron chi connectivity index (χ2n) is 4.00. The number of carbonyl (C=O) groups is 1. The fourth-order valence-electron chi connectivity index (χ4n) is 1.92. The molecule has 84 valence electrons. The van der Waals surface area contributed by atoms with Crippen molar-refractivity contribution in [3.05, 3.63) is 0 Å². The summed E-state index contributed by atoms with van der Waals surface area (Å²) in [4.78, 5) is 16.2. The summed E-state index contributed by atoms with van der Waals surface area (Å²) >= 11 is 1.92. The van der Waals surface area contributed by atoms with Crippen LogP contribution in [-0.2, 0) is 4.79 Å². The third kappa shape index (κ3) is 2.12. The Morgan fingerprint density at radius 1 is 1.47 bits per heavy atom. The summed E-state index contributed by atoms with van der Waals surface area (Å²) in [6.07, 6.45) is 2.83. The molecule has 1 spiro atoms. The molecule has 0 saturated carbocycles. The highest BCUT2D eigenvalue weighted by Gasteiger charge is 2.45. The van der Waals surface area contributed by atoms with Crippen LogP contribution in [0.25, 0.3) is 0 Å². The first-order chi connectivity index (χ1) is 7.27. The van der Waals surface area contributed by atoms with Gasteiger partial charge >= 0.3 is 0 Å². The molecular weight excluding hydrogens is 210 g/mol. The maximum atomic E-state index is 11.9. The van der Waals surface area contributed by atoms with Crippen LogP contribution in [0.4, 0.5) is 0 Å². The standard InChI is InChI=1S/C10H17N3OS/c1-2-5-11-9-12-8(14)10(13-9)3-6-15-7-4-10/h2-7H2,1H3,(H2,11,12,13,14). The quantitative estimate of drug-likeness (QED) is 0.731. The first kappa shape index (κ1) is 10.8. The number of thioether (sulfide) groups is 1. The number of guanidine groups is 1. The molecule has 0 aromatic carbocycles.